The van der Waals surface area contributed by atoms with Crippen molar-refractivity contribution < 1.29 is 5.21 Å². The summed E-state index contributed by atoms with van der Waals surface area (Å²) in [6.07, 6.45) is 3.93. The molecule has 0 bridgehead atoms. The predicted octanol–water partition coefficient (Wildman–Crippen LogP) is 2.02. The highest BCUT2D eigenvalue weighted by Crippen LogP contribution is 2.15. The summed E-state index contributed by atoms with van der Waals surface area (Å²) in [5.74, 6) is 0.319. The normalized spacial score (nSPS) is 14.9. The number of amidine groups is 1. The van der Waals surface area contributed by atoms with Crippen molar-refractivity contribution in [1.82, 2.24) is 4.90 Å². The van der Waals surface area contributed by atoms with Crippen LogP contribution in [0.3, 0.4) is 0 Å². The molecular weight excluding hydrogens is 190 g/mol. The SMILES string of the molecule is CCC(CC)N(C)C(CC)C/C(N)=N/O. The molecule has 0 amide bonds. The van der Waals surface area contributed by atoms with Crippen LogP contribution in [0.5, 0.6) is 0 Å². The lowest BCUT2D eigenvalue weighted by molar-refractivity contribution is 0.161. The predicted molar refractivity (Wildman–Crippen MR) is 64.2 cm³/mol. The van der Waals surface area contributed by atoms with Gasteiger partial charge in [-0.25, -0.2) is 0 Å². The summed E-state index contributed by atoms with van der Waals surface area (Å²) in [7, 11) is 2.12. The Morgan fingerprint density at radius 1 is 1.20 bits per heavy atom. The molecule has 90 valence electrons. The molecule has 0 aromatic carbocycles. The second-order valence-electron chi connectivity index (χ2n) is 3.99. The van der Waals surface area contributed by atoms with Gasteiger partial charge in [0.05, 0.1) is 0 Å². The van der Waals surface area contributed by atoms with Crippen LogP contribution in [0.4, 0.5) is 0 Å². The van der Waals surface area contributed by atoms with Gasteiger partial charge in [-0.05, 0) is 26.3 Å². The Morgan fingerprint density at radius 3 is 2.00 bits per heavy atom. The van der Waals surface area contributed by atoms with Gasteiger partial charge in [0.15, 0.2) is 0 Å². The van der Waals surface area contributed by atoms with E-state index >= 15 is 0 Å². The Hall–Kier alpha value is -0.770. The van der Waals surface area contributed by atoms with Gasteiger partial charge in [0.25, 0.3) is 0 Å². The first-order valence-electron chi connectivity index (χ1n) is 5.78. The van der Waals surface area contributed by atoms with E-state index in [4.69, 9.17) is 10.9 Å². The standard InChI is InChI=1S/C11H25N3O/c1-5-9(6-2)14(4)10(7-3)8-11(12)13-15/h9-10,15H,5-8H2,1-4H3,(H2,12,13). The monoisotopic (exact) mass is 215 g/mol. The van der Waals surface area contributed by atoms with Gasteiger partial charge in [0.2, 0.25) is 0 Å². The summed E-state index contributed by atoms with van der Waals surface area (Å²) < 4.78 is 0. The van der Waals surface area contributed by atoms with Crippen molar-refractivity contribution in [2.24, 2.45) is 10.9 Å². The first kappa shape index (κ1) is 14.2. The highest BCUT2D eigenvalue weighted by molar-refractivity contribution is 5.80. The summed E-state index contributed by atoms with van der Waals surface area (Å²) in [6.45, 7) is 6.52. The minimum Gasteiger partial charge on any atom is -0.409 e. The average Bonchev–Trinajstić information content (AvgIpc) is 2.26. The Labute approximate surface area is 93.1 Å². The van der Waals surface area contributed by atoms with Crippen molar-refractivity contribution in [2.45, 2.75) is 58.5 Å². The number of hydrogen-bond acceptors (Lipinski definition) is 3. The van der Waals surface area contributed by atoms with Crippen molar-refractivity contribution >= 4 is 5.84 Å². The molecule has 0 radical (unpaired) electrons. The van der Waals surface area contributed by atoms with Crippen molar-refractivity contribution in [1.29, 1.82) is 0 Å². The van der Waals surface area contributed by atoms with Gasteiger partial charge in [0.1, 0.15) is 5.84 Å². The summed E-state index contributed by atoms with van der Waals surface area (Å²) in [6, 6.07) is 0.951. The third kappa shape index (κ3) is 4.51. The number of nitrogens with two attached hydrogens (primary N) is 1. The van der Waals surface area contributed by atoms with Gasteiger partial charge < -0.3 is 15.8 Å². The van der Waals surface area contributed by atoms with Crippen molar-refractivity contribution in [2.75, 3.05) is 7.05 Å². The molecule has 3 N–H and O–H groups in total. The van der Waals surface area contributed by atoms with Crippen LogP contribution in [0, 0.1) is 0 Å². The van der Waals surface area contributed by atoms with E-state index in [1.165, 1.54) is 0 Å². The smallest absolute Gasteiger partial charge is 0.140 e. The largest absolute Gasteiger partial charge is 0.409 e. The molecule has 1 unspecified atom stereocenters. The quantitative estimate of drug-likeness (QED) is 0.295. The second kappa shape index (κ2) is 7.51. The Balaban J connectivity index is 4.38. The van der Waals surface area contributed by atoms with Crippen LogP contribution in [0.25, 0.3) is 0 Å². The van der Waals surface area contributed by atoms with E-state index in [2.05, 4.69) is 37.9 Å². The molecule has 0 aliphatic heterocycles. The Kier molecular flexibility index (Phi) is 7.13. The van der Waals surface area contributed by atoms with Crippen LogP contribution in [-0.4, -0.2) is 35.1 Å². The van der Waals surface area contributed by atoms with Gasteiger partial charge in [-0.3, -0.25) is 0 Å². The molecule has 0 spiro atoms. The molecule has 4 heteroatoms. The average molecular weight is 215 g/mol. The topological polar surface area (TPSA) is 61.8 Å². The fourth-order valence-electron chi connectivity index (χ4n) is 2.02. The molecule has 0 aliphatic carbocycles. The van der Waals surface area contributed by atoms with Gasteiger partial charge in [-0.2, -0.15) is 0 Å². The van der Waals surface area contributed by atoms with Crippen molar-refractivity contribution in [3.63, 3.8) is 0 Å². The summed E-state index contributed by atoms with van der Waals surface area (Å²) in [5, 5.41) is 11.6. The van der Waals surface area contributed by atoms with Gasteiger partial charge >= 0.3 is 0 Å². The first-order valence-corrected chi connectivity index (χ1v) is 5.78. The lowest BCUT2D eigenvalue weighted by Gasteiger charge is -2.33. The number of rotatable bonds is 7. The minimum absolute atomic E-state index is 0.319. The zero-order chi connectivity index (χ0) is 11.8. The van der Waals surface area contributed by atoms with Gasteiger partial charge in [-0.15, -0.1) is 0 Å². The highest BCUT2D eigenvalue weighted by Gasteiger charge is 2.20. The van der Waals surface area contributed by atoms with Crippen LogP contribution in [-0.2, 0) is 0 Å². The van der Waals surface area contributed by atoms with E-state index in [9.17, 15) is 0 Å². The Bertz CT molecular complexity index is 190. The summed E-state index contributed by atoms with van der Waals surface area (Å²) >= 11 is 0. The van der Waals surface area contributed by atoms with Crippen molar-refractivity contribution in [3.05, 3.63) is 0 Å². The molecular formula is C11H25N3O. The number of oxime groups is 1. The van der Waals surface area contributed by atoms with Crippen LogP contribution in [0.1, 0.15) is 46.5 Å². The molecule has 0 saturated carbocycles. The molecule has 0 rings (SSSR count). The fourth-order valence-corrected chi connectivity index (χ4v) is 2.02. The molecule has 0 heterocycles. The van der Waals surface area contributed by atoms with Crippen LogP contribution in [0.15, 0.2) is 5.16 Å². The Morgan fingerprint density at radius 2 is 1.67 bits per heavy atom. The zero-order valence-corrected chi connectivity index (χ0v) is 10.4. The first-order chi connectivity index (χ1) is 7.10. The molecule has 0 aromatic heterocycles. The number of nitrogens with zero attached hydrogens (tertiary/aromatic N) is 2. The second-order valence-corrected chi connectivity index (χ2v) is 3.99. The van der Waals surface area contributed by atoms with E-state index in [-0.39, 0.29) is 0 Å². The minimum atomic E-state index is 0.319. The third-order valence-electron chi connectivity index (χ3n) is 3.14. The maximum absolute atomic E-state index is 8.56. The summed E-state index contributed by atoms with van der Waals surface area (Å²) in [4.78, 5) is 2.35. The van der Waals surface area contributed by atoms with E-state index in [1.807, 2.05) is 0 Å². The molecule has 1 atom stereocenters. The molecule has 0 aliphatic rings. The van der Waals surface area contributed by atoms with E-state index < -0.39 is 0 Å². The van der Waals surface area contributed by atoms with Crippen molar-refractivity contribution in [3.8, 4) is 0 Å². The molecule has 0 fully saturated rings. The van der Waals surface area contributed by atoms with E-state index in [0.717, 1.165) is 19.3 Å². The van der Waals surface area contributed by atoms with Gasteiger partial charge in [-0.1, -0.05) is 25.9 Å². The van der Waals surface area contributed by atoms with Gasteiger partial charge in [0, 0.05) is 18.5 Å². The lowest BCUT2D eigenvalue weighted by Crippen LogP contribution is -2.41. The fraction of sp³-hybridized carbons (Fsp3) is 0.909. The molecule has 15 heavy (non-hydrogen) atoms. The molecule has 4 nitrogen and oxygen atoms in total. The maximum Gasteiger partial charge on any atom is 0.140 e. The van der Waals surface area contributed by atoms with Crippen LogP contribution in [0.2, 0.25) is 0 Å². The van der Waals surface area contributed by atoms with Crippen LogP contribution >= 0.6 is 0 Å². The summed E-state index contributed by atoms with van der Waals surface area (Å²) in [5.41, 5.74) is 5.54. The number of hydrogen-bond donors (Lipinski definition) is 2. The van der Waals surface area contributed by atoms with E-state index in [1.54, 1.807) is 0 Å². The van der Waals surface area contributed by atoms with Crippen LogP contribution < -0.4 is 5.73 Å². The molecule has 0 saturated heterocycles. The highest BCUT2D eigenvalue weighted by atomic mass is 16.4. The lowest BCUT2D eigenvalue weighted by atomic mass is 10.0. The maximum atomic E-state index is 8.56. The zero-order valence-electron chi connectivity index (χ0n) is 10.4. The molecule has 0 aromatic rings. The van der Waals surface area contributed by atoms with E-state index in [0.29, 0.717) is 24.3 Å². The third-order valence-corrected chi connectivity index (χ3v) is 3.14.